The number of ether oxygens (including phenoxy) is 2. The summed E-state index contributed by atoms with van der Waals surface area (Å²) in [7, 11) is 0. The van der Waals surface area contributed by atoms with Crippen LogP contribution in [0.5, 0.6) is 11.5 Å². The van der Waals surface area contributed by atoms with E-state index in [1.807, 2.05) is 60.7 Å². The molecule has 53 heavy (non-hydrogen) atoms. The predicted molar refractivity (Wildman–Crippen MR) is 200 cm³/mol. The molecule has 0 aliphatic heterocycles. The van der Waals surface area contributed by atoms with Gasteiger partial charge in [-0.25, -0.2) is 4.79 Å². The topological polar surface area (TPSA) is 229 Å². The zero-order valence-electron chi connectivity index (χ0n) is 30.1. The molecule has 2 amide bonds. The van der Waals surface area contributed by atoms with Gasteiger partial charge in [-0.15, -0.1) is 0 Å². The number of pyridine rings is 2. The average molecular weight is 733 g/mol. The third-order valence-corrected chi connectivity index (χ3v) is 7.77. The second kappa shape index (κ2) is 21.4. The van der Waals surface area contributed by atoms with Gasteiger partial charge in [-0.3, -0.25) is 24.1 Å². The molecule has 284 valence electrons. The molecule has 0 radical (unpaired) electrons. The number of aromatic amines is 2. The molecular weight excluding hydrogens is 684 g/mol. The van der Waals surface area contributed by atoms with Crippen LogP contribution in [-0.4, -0.2) is 81.8 Å². The van der Waals surface area contributed by atoms with E-state index < -0.39 is 29.1 Å². The third-order valence-electron chi connectivity index (χ3n) is 7.77. The van der Waals surface area contributed by atoms with Crippen LogP contribution in [0.3, 0.4) is 0 Å². The third kappa shape index (κ3) is 14.3. The maximum Gasteiger partial charge on any atom is 0.503 e. The number of nitrogens with two attached hydrogens (primary N) is 1. The van der Waals surface area contributed by atoms with Crippen LogP contribution in [0.4, 0.5) is 4.79 Å². The highest BCUT2D eigenvalue weighted by Crippen LogP contribution is 2.17. The molecule has 8 N–H and O–H groups in total. The Balaban J connectivity index is 0.00000180. The number of amides is 2. The highest BCUT2D eigenvalue weighted by Gasteiger charge is 2.20. The van der Waals surface area contributed by atoms with Crippen LogP contribution in [0, 0.1) is 13.8 Å². The Morgan fingerprint density at radius 3 is 1.53 bits per heavy atom. The van der Waals surface area contributed by atoms with E-state index in [1.54, 1.807) is 26.0 Å². The van der Waals surface area contributed by atoms with E-state index in [-0.39, 0.29) is 55.0 Å². The number of hydrogen-bond acceptors (Lipinski definition) is 9. The number of nitrogens with zero attached hydrogens (tertiary/aromatic N) is 1. The molecule has 0 fully saturated rings. The Kier molecular flexibility index (Phi) is 16.8. The average Bonchev–Trinajstić information content (AvgIpc) is 3.10. The number of H-pyrrole nitrogens is 2. The van der Waals surface area contributed by atoms with Crippen LogP contribution >= 0.6 is 0 Å². The van der Waals surface area contributed by atoms with Gasteiger partial charge >= 0.3 is 6.16 Å². The molecule has 2 aromatic heterocycles. The van der Waals surface area contributed by atoms with Crippen molar-refractivity contribution in [1.29, 1.82) is 0 Å². The molecule has 0 spiro atoms. The lowest BCUT2D eigenvalue weighted by molar-refractivity contribution is 0.0942. The van der Waals surface area contributed by atoms with E-state index in [4.69, 9.17) is 30.2 Å². The number of carbonyl (C=O) groups excluding carboxylic acids is 2. The highest BCUT2D eigenvalue weighted by molar-refractivity contribution is 5.97. The summed E-state index contributed by atoms with van der Waals surface area (Å²) in [4.78, 5) is 68.1. The van der Waals surface area contributed by atoms with Crippen molar-refractivity contribution in [3.05, 3.63) is 127 Å². The number of hydrogen-bond donors (Lipinski definition) is 7. The number of benzene rings is 2. The van der Waals surface area contributed by atoms with E-state index in [1.165, 1.54) is 0 Å². The maximum absolute atomic E-state index is 13.3. The van der Waals surface area contributed by atoms with Crippen molar-refractivity contribution in [2.24, 2.45) is 5.73 Å². The number of carbonyl (C=O) groups is 3. The van der Waals surface area contributed by atoms with Crippen LogP contribution in [0.2, 0.25) is 0 Å². The Bertz CT molecular complexity index is 1770. The molecule has 0 aliphatic carbocycles. The Morgan fingerprint density at radius 2 is 1.15 bits per heavy atom. The molecule has 15 heteroatoms. The van der Waals surface area contributed by atoms with E-state index >= 15 is 0 Å². The fourth-order valence-corrected chi connectivity index (χ4v) is 5.37. The van der Waals surface area contributed by atoms with Gasteiger partial charge in [0, 0.05) is 50.2 Å². The van der Waals surface area contributed by atoms with Crippen LogP contribution in [0.1, 0.15) is 63.0 Å². The van der Waals surface area contributed by atoms with Gasteiger partial charge in [-0.2, -0.15) is 0 Å². The fourth-order valence-electron chi connectivity index (χ4n) is 5.37. The van der Waals surface area contributed by atoms with E-state index in [9.17, 15) is 19.2 Å². The summed E-state index contributed by atoms with van der Waals surface area (Å²) >= 11 is 0. The molecule has 15 nitrogen and oxygen atoms in total. The lowest BCUT2D eigenvalue weighted by Crippen LogP contribution is -2.45. The zero-order valence-corrected chi connectivity index (χ0v) is 30.1. The second-order valence-electron chi connectivity index (χ2n) is 12.2. The monoisotopic (exact) mass is 732 g/mol. The second-order valence-corrected chi connectivity index (χ2v) is 12.2. The van der Waals surface area contributed by atoms with E-state index in [0.717, 1.165) is 24.0 Å². The largest absolute Gasteiger partial charge is 0.503 e. The van der Waals surface area contributed by atoms with E-state index in [0.29, 0.717) is 31.0 Å². The standard InChI is InChI=1S/C37H46N6O6.CH2O3/c1-4-11-29(38)22-43(18-16-39-34(44)30-20-25(2)41-36(46)32(30)48-23-27-12-7-5-8-13-27)19-17-40-35(45)31-21-26(3)42-37(47)33(31)49-24-28-14-9-6-10-15-28;2-1(3)4/h5-10,12-15,20-21,29H,4,11,16-19,22-24,38H2,1-3H3,(H,39,44)(H,40,45)(H,41,46)(H,42,47);(H2,2,3,4). The van der Waals surface area contributed by atoms with Gasteiger partial charge in [0.25, 0.3) is 22.9 Å². The van der Waals surface area contributed by atoms with Crippen molar-refractivity contribution in [2.75, 3.05) is 32.7 Å². The Morgan fingerprint density at radius 1 is 0.755 bits per heavy atom. The molecule has 1 unspecified atom stereocenters. The zero-order chi connectivity index (χ0) is 38.8. The van der Waals surface area contributed by atoms with Crippen molar-refractivity contribution in [3.63, 3.8) is 0 Å². The normalized spacial score (nSPS) is 11.2. The van der Waals surface area contributed by atoms with Crippen molar-refractivity contribution >= 4 is 18.0 Å². The molecule has 0 aliphatic rings. The molecule has 2 heterocycles. The summed E-state index contributed by atoms with van der Waals surface area (Å²) in [5.41, 5.74) is 8.52. The molecule has 0 saturated heterocycles. The summed E-state index contributed by atoms with van der Waals surface area (Å²) in [5, 5.41) is 19.8. The lowest BCUT2D eigenvalue weighted by atomic mass is 10.1. The van der Waals surface area contributed by atoms with Crippen molar-refractivity contribution in [3.8, 4) is 11.5 Å². The van der Waals surface area contributed by atoms with Gasteiger partial charge in [0.1, 0.15) is 13.2 Å². The van der Waals surface area contributed by atoms with Crippen molar-refractivity contribution in [2.45, 2.75) is 52.9 Å². The van der Waals surface area contributed by atoms with Crippen LogP contribution in [0.15, 0.2) is 82.4 Å². The predicted octanol–water partition coefficient (Wildman–Crippen LogP) is 3.65. The lowest BCUT2D eigenvalue weighted by Gasteiger charge is -2.26. The number of aryl methyl sites for hydroxylation is 2. The van der Waals surface area contributed by atoms with Gasteiger partial charge in [0.15, 0.2) is 11.5 Å². The molecule has 4 rings (SSSR count). The summed E-state index contributed by atoms with van der Waals surface area (Å²) in [5.74, 6) is -0.954. The first kappa shape index (κ1) is 41.5. The summed E-state index contributed by atoms with van der Waals surface area (Å²) in [6.45, 7) is 7.70. The molecule has 1 atom stereocenters. The number of rotatable bonds is 18. The Hall–Kier alpha value is -5.93. The number of nitrogens with one attached hydrogen (secondary N) is 4. The van der Waals surface area contributed by atoms with Gasteiger partial charge < -0.3 is 46.0 Å². The summed E-state index contributed by atoms with van der Waals surface area (Å²) in [6.07, 6.45) is -0.0958. The quantitative estimate of drug-likeness (QED) is 0.0781. The Labute approximate surface area is 307 Å². The summed E-state index contributed by atoms with van der Waals surface area (Å²) in [6, 6.07) is 21.9. The molecule has 4 aromatic rings. The highest BCUT2D eigenvalue weighted by atomic mass is 16.6. The van der Waals surface area contributed by atoms with Crippen LogP contribution in [-0.2, 0) is 13.2 Å². The first-order chi connectivity index (χ1) is 25.4. The minimum absolute atomic E-state index is 0.0430. The molecule has 0 bridgehead atoms. The molecule has 0 saturated carbocycles. The van der Waals surface area contributed by atoms with Crippen LogP contribution < -0.4 is 37.0 Å². The SMILES string of the molecule is CCCC(N)CN(CCNC(=O)c1cc(C)[nH]c(=O)c1OCc1ccccc1)CCNC(=O)c1cc(C)[nH]c(=O)c1OCc1ccccc1.O=C(O)O. The van der Waals surface area contributed by atoms with Crippen LogP contribution in [0.25, 0.3) is 0 Å². The smallest absolute Gasteiger partial charge is 0.482 e. The molecular formula is C38H48N6O9. The fraction of sp³-hybridized carbons (Fsp3) is 0.342. The van der Waals surface area contributed by atoms with Gasteiger partial charge in [-0.05, 0) is 43.5 Å². The first-order valence-electron chi connectivity index (χ1n) is 17.1. The summed E-state index contributed by atoms with van der Waals surface area (Å²) < 4.78 is 11.6. The maximum atomic E-state index is 13.3. The minimum Gasteiger partial charge on any atom is -0.482 e. The van der Waals surface area contributed by atoms with Gasteiger partial charge in [0.2, 0.25) is 0 Å². The van der Waals surface area contributed by atoms with Gasteiger partial charge in [0.05, 0.1) is 11.1 Å². The molecule has 2 aromatic carbocycles. The van der Waals surface area contributed by atoms with Crippen molar-refractivity contribution in [1.82, 2.24) is 25.5 Å². The number of aromatic nitrogens is 2. The first-order valence-corrected chi connectivity index (χ1v) is 17.1. The number of carboxylic acid groups (broad SMARTS) is 2. The van der Waals surface area contributed by atoms with Gasteiger partial charge in [-0.1, -0.05) is 74.0 Å². The minimum atomic E-state index is -1.83. The van der Waals surface area contributed by atoms with E-state index in [2.05, 4.69) is 32.4 Å². The van der Waals surface area contributed by atoms with Crippen molar-refractivity contribution < 1.29 is 34.1 Å².